The Bertz CT molecular complexity index is 658. The molecule has 10 heterocycles. The normalized spacial score (nSPS) is 126. The SMILES string of the molecule is C#N.C#N.[CH]12[CH]3[CH]4[CH]5[CH]1[V]23451678[CH]2[CH]1[CH]6[CH]7[CH]28. The molecule has 1 spiro atoms. The van der Waals surface area contributed by atoms with E-state index in [-0.39, 0.29) is 0 Å². The van der Waals surface area contributed by atoms with Crippen LogP contribution < -0.4 is 0 Å². The van der Waals surface area contributed by atoms with E-state index >= 15 is 0 Å². The molecule has 0 N–H and O–H groups in total. The van der Waals surface area contributed by atoms with Crippen molar-refractivity contribution in [3.05, 3.63) is 0 Å². The Labute approximate surface area is 77.3 Å². The summed E-state index contributed by atoms with van der Waals surface area (Å²) in [4.78, 5) is 0. The summed E-state index contributed by atoms with van der Waals surface area (Å²) in [5.74, 6) is 0. The van der Waals surface area contributed by atoms with E-state index in [0.29, 0.717) is 0 Å². The van der Waals surface area contributed by atoms with Gasteiger partial charge < -0.3 is 0 Å². The summed E-state index contributed by atoms with van der Waals surface area (Å²) in [6.45, 7) is 7.00. The molecule has 0 bridgehead atoms. The predicted molar refractivity (Wildman–Crippen MR) is 50.8 cm³/mol. The Morgan fingerprint density at radius 3 is 0.600 bits per heavy atom. The molecule has 10 rings (SSSR count). The number of nitriles is 2. The standard InChI is InChI=1S/2C5H5.2CHN.V/c2*1-2-4-5-3-1;2*1-2;/h2*1-5H;2*1H;. The monoisotopic (exact) mass is 235 g/mol. The van der Waals surface area contributed by atoms with E-state index in [2.05, 4.69) is 13.1 Å². The van der Waals surface area contributed by atoms with Gasteiger partial charge in [0.1, 0.15) is 0 Å². The minimum atomic E-state index is -2.55. The molecule has 10 aliphatic rings. The molecule has 0 aliphatic carbocycles. The third-order valence-corrected chi connectivity index (χ3v) is 71.1. The van der Waals surface area contributed by atoms with Crippen molar-refractivity contribution in [3.63, 3.8) is 0 Å². The zero-order valence-electron chi connectivity index (χ0n) is 8.27. The van der Waals surface area contributed by atoms with Gasteiger partial charge in [-0.2, -0.15) is 0 Å². The Morgan fingerprint density at radius 2 is 0.600 bits per heavy atom. The Morgan fingerprint density at radius 1 is 0.467 bits per heavy atom. The summed E-state index contributed by atoms with van der Waals surface area (Å²) in [5.41, 5.74) is 0. The molecule has 3 heteroatoms. The fourth-order valence-corrected chi connectivity index (χ4v) is 122. The van der Waals surface area contributed by atoms with Crippen LogP contribution in [0, 0.1) is 23.7 Å². The predicted octanol–water partition coefficient (Wildman–Crippen LogP) is 3.66. The molecular weight excluding hydrogens is 223 g/mol. The number of rotatable bonds is 0. The Hall–Kier alpha value is -0.436. The van der Waals surface area contributed by atoms with Crippen molar-refractivity contribution in [2.75, 3.05) is 0 Å². The van der Waals surface area contributed by atoms with Crippen molar-refractivity contribution in [2.45, 2.75) is 46.3 Å². The minimum absolute atomic E-state index is 1.61. The van der Waals surface area contributed by atoms with Crippen LogP contribution in [0.3, 0.4) is 0 Å². The van der Waals surface area contributed by atoms with E-state index in [1.165, 1.54) is 0 Å². The summed E-state index contributed by atoms with van der Waals surface area (Å²) < 4.78 is 16.1. The average Bonchev–Trinajstić information content (AvgIpc) is 3.26. The molecule has 0 saturated carbocycles. The second-order valence-corrected chi connectivity index (χ2v) is 41.9. The summed E-state index contributed by atoms with van der Waals surface area (Å²) in [7, 11) is -2.55. The van der Waals surface area contributed by atoms with Crippen LogP contribution in [-0.2, 0) is 7.25 Å². The summed E-state index contributed by atoms with van der Waals surface area (Å²) in [6, 6.07) is 0. The van der Waals surface area contributed by atoms with Crippen molar-refractivity contribution in [2.24, 2.45) is 0 Å². The molecule has 15 heavy (non-hydrogen) atoms. The molecule has 10 aliphatic heterocycles. The van der Waals surface area contributed by atoms with Gasteiger partial charge in [-0.3, -0.25) is 0 Å². The number of fused-ring (bicyclic) bond motifs is 10. The van der Waals surface area contributed by atoms with Gasteiger partial charge in [0, 0.05) is 13.1 Å². The van der Waals surface area contributed by atoms with Gasteiger partial charge in [-0.05, 0) is 0 Å². The van der Waals surface area contributed by atoms with Gasteiger partial charge >= 0.3 is 53.5 Å². The van der Waals surface area contributed by atoms with Crippen LogP contribution >= 0.6 is 0 Å². The van der Waals surface area contributed by atoms with Crippen molar-refractivity contribution in [3.8, 4) is 13.1 Å². The molecule has 0 atom stereocenters. The first-order valence-electron chi connectivity index (χ1n) is 6.43. The molecule has 0 amide bonds. The van der Waals surface area contributed by atoms with E-state index in [4.69, 9.17) is 10.5 Å². The van der Waals surface area contributed by atoms with E-state index in [1.807, 2.05) is 0 Å². The second kappa shape index (κ2) is 0.385. The molecule has 0 aromatic rings. The van der Waals surface area contributed by atoms with Crippen molar-refractivity contribution < 1.29 is 7.25 Å². The zero-order chi connectivity index (χ0) is 10.1. The van der Waals surface area contributed by atoms with Gasteiger partial charge in [0.25, 0.3) is 0 Å². The fourth-order valence-electron chi connectivity index (χ4n) is 20.5. The first-order chi connectivity index (χ1) is 7.16. The molecular formula is C12H12N2V. The van der Waals surface area contributed by atoms with Crippen LogP contribution in [-0.4, -0.2) is 0 Å². The van der Waals surface area contributed by atoms with Crippen LogP contribution in [0.4, 0.5) is 0 Å². The van der Waals surface area contributed by atoms with E-state index in [0.717, 1.165) is 0 Å². The van der Waals surface area contributed by atoms with Gasteiger partial charge in [0.05, 0.1) is 0 Å². The van der Waals surface area contributed by atoms with Gasteiger partial charge in [-0.25, -0.2) is 10.5 Å². The fraction of sp³-hybridized carbons (Fsp3) is 0.833. The first kappa shape index (κ1) is 5.76. The van der Waals surface area contributed by atoms with Crippen molar-refractivity contribution in [1.82, 2.24) is 0 Å². The van der Waals surface area contributed by atoms with Gasteiger partial charge in [-0.15, -0.1) is 0 Å². The number of nitrogens with zero attached hydrogens (tertiary/aromatic N) is 2. The second-order valence-electron chi connectivity index (χ2n) is 11.6. The van der Waals surface area contributed by atoms with E-state index in [1.54, 1.807) is 46.3 Å². The topological polar surface area (TPSA) is 47.6 Å². The average molecular weight is 235 g/mol. The van der Waals surface area contributed by atoms with Gasteiger partial charge in [0.15, 0.2) is 0 Å². The van der Waals surface area contributed by atoms with Gasteiger partial charge in [-0.1, -0.05) is 0 Å². The number of hydrogen-bond donors (Lipinski definition) is 0. The van der Waals surface area contributed by atoms with Crippen LogP contribution in [0.1, 0.15) is 0 Å². The number of hydrogen-bond acceptors (Lipinski definition) is 2. The molecule has 0 aromatic heterocycles. The van der Waals surface area contributed by atoms with Gasteiger partial charge in [0.2, 0.25) is 0 Å². The molecule has 10 fully saturated rings. The third kappa shape index (κ3) is 0.0455. The van der Waals surface area contributed by atoms with Crippen LogP contribution in [0.15, 0.2) is 0 Å². The summed E-state index contributed by atoms with van der Waals surface area (Å²) >= 11 is 0. The van der Waals surface area contributed by atoms with E-state index in [9.17, 15) is 0 Å². The maximum atomic E-state index is 6.50. The quantitative estimate of drug-likeness (QED) is 0.643. The Balaban J connectivity index is 0.000000126. The van der Waals surface area contributed by atoms with Crippen molar-refractivity contribution >= 4 is 0 Å². The molecule has 75 valence electrons. The van der Waals surface area contributed by atoms with Crippen molar-refractivity contribution in [1.29, 1.82) is 10.5 Å². The van der Waals surface area contributed by atoms with Crippen LogP contribution in [0.25, 0.3) is 0 Å². The zero-order valence-corrected chi connectivity index (χ0v) is 9.67. The third-order valence-electron chi connectivity index (χ3n) is 18.1. The van der Waals surface area contributed by atoms with Crippen LogP contribution in [0.2, 0.25) is 46.3 Å². The molecule has 10 saturated heterocycles. The molecule has 0 radical (unpaired) electrons. The molecule has 0 unspecified atom stereocenters. The van der Waals surface area contributed by atoms with Crippen LogP contribution in [0.5, 0.6) is 0 Å². The molecule has 0 aromatic carbocycles. The maximum absolute atomic E-state index is 6.50. The summed E-state index contributed by atoms with van der Waals surface area (Å²) in [6.07, 6.45) is 0. The summed E-state index contributed by atoms with van der Waals surface area (Å²) in [5, 5.41) is 13.0. The van der Waals surface area contributed by atoms with E-state index < -0.39 is 7.25 Å². The first-order valence-corrected chi connectivity index (χ1v) is 14.5. The molecule has 2 nitrogen and oxygen atoms in total. The Kier molecular flexibility index (Phi) is 0.148.